The van der Waals surface area contributed by atoms with Crippen LogP contribution in [0.15, 0.2) is 12.4 Å². The van der Waals surface area contributed by atoms with Gasteiger partial charge in [-0.1, -0.05) is 0 Å². The molecule has 0 bridgehead atoms. The van der Waals surface area contributed by atoms with Gasteiger partial charge in [0.2, 0.25) is 0 Å². The minimum absolute atomic E-state index is 0.113. The molecule has 2 heterocycles. The number of carboxylic acids is 1. The van der Waals surface area contributed by atoms with E-state index in [2.05, 4.69) is 5.10 Å². The van der Waals surface area contributed by atoms with Crippen LogP contribution in [0.25, 0.3) is 0 Å². The third kappa shape index (κ3) is 3.54. The molecule has 2 rings (SSSR count). The third-order valence-electron chi connectivity index (χ3n) is 2.64. The van der Waals surface area contributed by atoms with Crippen molar-refractivity contribution in [2.45, 2.75) is 32.1 Å². The van der Waals surface area contributed by atoms with Crippen molar-refractivity contribution in [2.24, 2.45) is 0 Å². The highest BCUT2D eigenvalue weighted by Crippen LogP contribution is 2.13. The van der Waals surface area contributed by atoms with Gasteiger partial charge in [-0.3, -0.25) is 4.68 Å². The van der Waals surface area contributed by atoms with Crippen molar-refractivity contribution >= 4 is 5.97 Å². The third-order valence-corrected chi connectivity index (χ3v) is 2.64. The number of nitrogens with zero attached hydrogens (tertiary/aromatic N) is 2. The number of rotatable bonds is 5. The van der Waals surface area contributed by atoms with Crippen molar-refractivity contribution in [3.63, 3.8) is 0 Å². The van der Waals surface area contributed by atoms with E-state index in [1.54, 1.807) is 4.68 Å². The minimum Gasteiger partial charge on any atom is -0.478 e. The van der Waals surface area contributed by atoms with E-state index in [9.17, 15) is 4.79 Å². The number of hydrogen-bond donors (Lipinski definition) is 1. The van der Waals surface area contributed by atoms with Gasteiger partial charge in [0.15, 0.2) is 6.29 Å². The van der Waals surface area contributed by atoms with Gasteiger partial charge in [-0.15, -0.1) is 0 Å². The van der Waals surface area contributed by atoms with Crippen molar-refractivity contribution in [3.8, 4) is 0 Å². The lowest BCUT2D eigenvalue weighted by Gasteiger charge is -2.22. The summed E-state index contributed by atoms with van der Waals surface area (Å²) < 4.78 is 12.5. The maximum absolute atomic E-state index is 10.6. The zero-order valence-electron chi connectivity index (χ0n) is 9.54. The van der Waals surface area contributed by atoms with E-state index in [-0.39, 0.29) is 11.9 Å². The molecule has 94 valence electrons. The van der Waals surface area contributed by atoms with Crippen molar-refractivity contribution in [2.75, 3.05) is 13.2 Å². The molecule has 0 radical (unpaired) electrons. The molecular weight excluding hydrogens is 224 g/mol. The van der Waals surface area contributed by atoms with Crippen LogP contribution in [0.3, 0.4) is 0 Å². The zero-order valence-corrected chi connectivity index (χ0v) is 9.54. The molecule has 1 aliphatic heterocycles. The molecule has 0 aliphatic carbocycles. The Morgan fingerprint density at radius 3 is 3.18 bits per heavy atom. The Morgan fingerprint density at radius 1 is 1.65 bits per heavy atom. The first-order chi connectivity index (χ1) is 8.25. The number of carboxylic acid groups (broad SMARTS) is 1. The first kappa shape index (κ1) is 12.1. The fourth-order valence-corrected chi connectivity index (χ4v) is 1.72. The fourth-order valence-electron chi connectivity index (χ4n) is 1.72. The van der Waals surface area contributed by atoms with Gasteiger partial charge in [-0.25, -0.2) is 4.79 Å². The zero-order chi connectivity index (χ0) is 12.1. The molecule has 17 heavy (non-hydrogen) atoms. The van der Waals surface area contributed by atoms with E-state index < -0.39 is 5.97 Å². The molecule has 1 saturated heterocycles. The molecule has 6 nitrogen and oxygen atoms in total. The highest BCUT2D eigenvalue weighted by Gasteiger charge is 2.13. The van der Waals surface area contributed by atoms with Gasteiger partial charge in [0, 0.05) is 12.8 Å². The van der Waals surface area contributed by atoms with Crippen LogP contribution in [0.2, 0.25) is 0 Å². The van der Waals surface area contributed by atoms with Crippen molar-refractivity contribution in [1.29, 1.82) is 0 Å². The Hall–Kier alpha value is -1.40. The Morgan fingerprint density at radius 2 is 2.53 bits per heavy atom. The van der Waals surface area contributed by atoms with Crippen LogP contribution in [0, 0.1) is 0 Å². The molecular formula is C11H16N2O4. The summed E-state index contributed by atoms with van der Waals surface area (Å²) in [4.78, 5) is 10.6. The lowest BCUT2D eigenvalue weighted by Crippen LogP contribution is -2.24. The minimum atomic E-state index is -0.965. The summed E-state index contributed by atoms with van der Waals surface area (Å²) >= 11 is 0. The van der Waals surface area contributed by atoms with Crippen LogP contribution in [0.5, 0.6) is 0 Å². The topological polar surface area (TPSA) is 73.6 Å². The van der Waals surface area contributed by atoms with Crippen LogP contribution in [0.4, 0.5) is 0 Å². The summed E-state index contributed by atoms with van der Waals surface area (Å²) in [5.41, 5.74) is 0.193. The SMILES string of the molecule is O=C(O)c1cnn(CCOC2CCCCO2)c1. The van der Waals surface area contributed by atoms with Crippen LogP contribution >= 0.6 is 0 Å². The number of aromatic carboxylic acids is 1. The average Bonchev–Trinajstić information content (AvgIpc) is 2.79. The van der Waals surface area contributed by atoms with Crippen molar-refractivity contribution in [1.82, 2.24) is 9.78 Å². The Bertz CT molecular complexity index is 371. The predicted molar refractivity (Wildman–Crippen MR) is 58.7 cm³/mol. The molecule has 1 N–H and O–H groups in total. The van der Waals surface area contributed by atoms with Crippen LogP contribution in [-0.2, 0) is 16.0 Å². The maximum atomic E-state index is 10.6. The van der Waals surface area contributed by atoms with Gasteiger partial charge in [-0.05, 0) is 19.3 Å². The van der Waals surface area contributed by atoms with Crippen LogP contribution < -0.4 is 0 Å². The summed E-state index contributed by atoms with van der Waals surface area (Å²) in [6.07, 6.45) is 5.88. The second kappa shape index (κ2) is 5.79. The largest absolute Gasteiger partial charge is 0.478 e. The van der Waals surface area contributed by atoms with Gasteiger partial charge in [0.05, 0.1) is 24.9 Å². The maximum Gasteiger partial charge on any atom is 0.338 e. The van der Waals surface area contributed by atoms with Gasteiger partial charge in [0.1, 0.15) is 0 Å². The average molecular weight is 240 g/mol. The van der Waals surface area contributed by atoms with Crippen LogP contribution in [0.1, 0.15) is 29.6 Å². The van der Waals surface area contributed by atoms with Gasteiger partial charge in [0.25, 0.3) is 0 Å². The predicted octanol–water partition coefficient (Wildman–Crippen LogP) is 1.12. The molecule has 1 aromatic rings. The lowest BCUT2D eigenvalue weighted by atomic mass is 10.2. The molecule has 0 amide bonds. The second-order valence-corrected chi connectivity index (χ2v) is 3.96. The number of ether oxygens (including phenoxy) is 2. The molecule has 6 heteroatoms. The Kier molecular flexibility index (Phi) is 4.11. The van der Waals surface area contributed by atoms with E-state index >= 15 is 0 Å². The van der Waals surface area contributed by atoms with E-state index in [0.29, 0.717) is 13.2 Å². The summed E-state index contributed by atoms with van der Waals surface area (Å²) in [5, 5.41) is 12.7. The fraction of sp³-hybridized carbons (Fsp3) is 0.636. The quantitative estimate of drug-likeness (QED) is 0.835. The van der Waals surface area contributed by atoms with Crippen molar-refractivity contribution < 1.29 is 19.4 Å². The summed E-state index contributed by atoms with van der Waals surface area (Å²) in [6, 6.07) is 0. The molecule has 0 aromatic carbocycles. The monoisotopic (exact) mass is 240 g/mol. The molecule has 1 aromatic heterocycles. The molecule has 0 saturated carbocycles. The van der Waals surface area contributed by atoms with Gasteiger partial charge >= 0.3 is 5.97 Å². The normalized spacial score (nSPS) is 20.4. The number of aromatic nitrogens is 2. The number of hydrogen-bond acceptors (Lipinski definition) is 4. The molecule has 1 aliphatic rings. The molecule has 1 fully saturated rings. The highest BCUT2D eigenvalue weighted by atomic mass is 16.7. The second-order valence-electron chi connectivity index (χ2n) is 3.96. The first-order valence-electron chi connectivity index (χ1n) is 5.74. The standard InChI is InChI=1S/C11H16N2O4/c14-11(15)9-7-12-13(8-9)4-6-17-10-3-1-2-5-16-10/h7-8,10H,1-6H2,(H,14,15). The number of carbonyl (C=O) groups is 1. The molecule has 1 unspecified atom stereocenters. The highest BCUT2D eigenvalue weighted by molar-refractivity contribution is 5.86. The Labute approximate surface area is 99.1 Å². The molecule has 0 spiro atoms. The summed E-state index contributed by atoms with van der Waals surface area (Å²) in [6.45, 7) is 1.77. The van der Waals surface area contributed by atoms with Crippen molar-refractivity contribution in [3.05, 3.63) is 18.0 Å². The van der Waals surface area contributed by atoms with Gasteiger partial charge < -0.3 is 14.6 Å². The first-order valence-corrected chi connectivity index (χ1v) is 5.74. The van der Waals surface area contributed by atoms with E-state index in [1.165, 1.54) is 12.4 Å². The Balaban J connectivity index is 1.71. The summed E-state index contributed by atoms with van der Waals surface area (Å²) in [7, 11) is 0. The molecule has 1 atom stereocenters. The van der Waals surface area contributed by atoms with E-state index in [0.717, 1.165) is 25.9 Å². The van der Waals surface area contributed by atoms with E-state index in [4.69, 9.17) is 14.6 Å². The summed E-state index contributed by atoms with van der Waals surface area (Å²) in [5.74, 6) is -0.965. The van der Waals surface area contributed by atoms with Gasteiger partial charge in [-0.2, -0.15) is 5.10 Å². The smallest absolute Gasteiger partial charge is 0.338 e. The van der Waals surface area contributed by atoms with E-state index in [1.807, 2.05) is 0 Å². The van der Waals surface area contributed by atoms with Crippen LogP contribution in [-0.4, -0.2) is 40.4 Å². The lowest BCUT2D eigenvalue weighted by molar-refractivity contribution is -0.163.